The van der Waals surface area contributed by atoms with Gasteiger partial charge in [0, 0.05) is 22.9 Å². The minimum Gasteiger partial charge on any atom is -0.354 e. The van der Waals surface area contributed by atoms with Crippen LogP contribution in [-0.2, 0) is 4.79 Å². The highest BCUT2D eigenvalue weighted by Gasteiger charge is 2.23. The zero-order valence-corrected chi connectivity index (χ0v) is 14.9. The lowest BCUT2D eigenvalue weighted by Gasteiger charge is -2.32. The van der Waals surface area contributed by atoms with Crippen LogP contribution in [0.15, 0.2) is 58.3 Å². The topological polar surface area (TPSA) is 58.4 Å². The number of hydrogen-bond donors (Lipinski definition) is 2. The Morgan fingerprint density at radius 1 is 1.08 bits per heavy atom. The zero-order valence-electron chi connectivity index (χ0n) is 14.1. The third-order valence-electron chi connectivity index (χ3n) is 3.96. The van der Waals surface area contributed by atoms with Gasteiger partial charge in [0.25, 0.3) is 0 Å². The van der Waals surface area contributed by atoms with E-state index in [1.165, 1.54) is 21.2 Å². The number of amides is 1. The summed E-state index contributed by atoms with van der Waals surface area (Å²) in [5.74, 6) is -0.113. The van der Waals surface area contributed by atoms with Gasteiger partial charge in [-0.25, -0.2) is 0 Å². The summed E-state index contributed by atoms with van der Waals surface area (Å²) in [6, 6.07) is 16.9. The smallest absolute Gasteiger partial charge is 0.239 e. The van der Waals surface area contributed by atoms with Crippen LogP contribution < -0.4 is 16.0 Å². The van der Waals surface area contributed by atoms with Crippen molar-refractivity contribution in [3.63, 3.8) is 0 Å². The van der Waals surface area contributed by atoms with Crippen LogP contribution in [0.5, 0.6) is 0 Å². The summed E-state index contributed by atoms with van der Waals surface area (Å²) >= 11 is 1.81. The number of carbonyl (C=O) groups is 1. The average molecular weight is 341 g/mol. The summed E-state index contributed by atoms with van der Waals surface area (Å²) in [4.78, 5) is 16.7. The maximum Gasteiger partial charge on any atom is 0.239 e. The number of carbonyl (C=O) groups excluding carboxylic acids is 1. The molecule has 1 aliphatic heterocycles. The standard InChI is InChI=1S/C19H23N3OS/c1-19(2,20)18(23)21-12-7-13-22-14-8-3-5-10-16(14)24-17-11-6-4-9-15(17)22/h3-6,8-11H,7,12-13,20H2,1-2H3,(H,21,23). The van der Waals surface area contributed by atoms with Gasteiger partial charge in [0.05, 0.1) is 16.9 Å². The van der Waals surface area contributed by atoms with Gasteiger partial charge in [-0.2, -0.15) is 0 Å². The van der Waals surface area contributed by atoms with Crippen molar-refractivity contribution in [3.05, 3.63) is 48.5 Å². The van der Waals surface area contributed by atoms with Gasteiger partial charge in [0.1, 0.15) is 0 Å². The van der Waals surface area contributed by atoms with Crippen molar-refractivity contribution in [2.45, 2.75) is 35.6 Å². The molecule has 1 amide bonds. The van der Waals surface area contributed by atoms with Crippen LogP contribution in [-0.4, -0.2) is 24.5 Å². The Morgan fingerprint density at radius 3 is 2.17 bits per heavy atom. The minimum atomic E-state index is -0.832. The molecule has 0 saturated carbocycles. The van der Waals surface area contributed by atoms with Gasteiger partial charge in [-0.1, -0.05) is 36.0 Å². The molecule has 0 bridgehead atoms. The lowest BCUT2D eigenvalue weighted by Crippen LogP contribution is -2.49. The Bertz CT molecular complexity index is 694. The molecule has 2 aromatic rings. The molecule has 0 atom stereocenters. The van der Waals surface area contributed by atoms with Gasteiger partial charge in [-0.05, 0) is 44.5 Å². The number of nitrogens with two attached hydrogens (primary N) is 1. The van der Waals surface area contributed by atoms with Gasteiger partial charge < -0.3 is 16.0 Å². The SMILES string of the molecule is CC(C)(N)C(=O)NCCCN1c2ccccc2Sc2ccccc21. The van der Waals surface area contributed by atoms with Gasteiger partial charge >= 0.3 is 0 Å². The summed E-state index contributed by atoms with van der Waals surface area (Å²) in [5.41, 5.74) is 7.43. The van der Waals surface area contributed by atoms with E-state index in [-0.39, 0.29) is 5.91 Å². The maximum atomic E-state index is 11.9. The third-order valence-corrected chi connectivity index (χ3v) is 5.09. The maximum absolute atomic E-state index is 11.9. The fourth-order valence-corrected chi connectivity index (χ4v) is 3.78. The van der Waals surface area contributed by atoms with Crippen LogP contribution >= 0.6 is 11.8 Å². The van der Waals surface area contributed by atoms with Gasteiger partial charge in [-0.15, -0.1) is 0 Å². The zero-order chi connectivity index (χ0) is 17.2. The van der Waals surface area contributed by atoms with Crippen molar-refractivity contribution in [2.24, 2.45) is 5.73 Å². The highest BCUT2D eigenvalue weighted by molar-refractivity contribution is 7.99. The van der Waals surface area contributed by atoms with E-state index in [2.05, 4.69) is 58.7 Å². The van der Waals surface area contributed by atoms with Crippen LogP contribution in [0, 0.1) is 0 Å². The Morgan fingerprint density at radius 2 is 1.62 bits per heavy atom. The molecule has 4 nitrogen and oxygen atoms in total. The molecule has 24 heavy (non-hydrogen) atoms. The Balaban J connectivity index is 1.70. The number of fused-ring (bicyclic) bond motifs is 2. The number of nitrogens with zero attached hydrogens (tertiary/aromatic N) is 1. The number of nitrogens with one attached hydrogen (secondary N) is 1. The average Bonchev–Trinajstić information content (AvgIpc) is 2.56. The number of para-hydroxylation sites is 2. The quantitative estimate of drug-likeness (QED) is 0.817. The Kier molecular flexibility index (Phi) is 4.83. The monoisotopic (exact) mass is 341 g/mol. The van der Waals surface area contributed by atoms with E-state index < -0.39 is 5.54 Å². The molecule has 0 aromatic heterocycles. The van der Waals surface area contributed by atoms with Crippen LogP contribution in [0.2, 0.25) is 0 Å². The van der Waals surface area contributed by atoms with E-state index in [4.69, 9.17) is 5.73 Å². The summed E-state index contributed by atoms with van der Waals surface area (Å²) in [6.07, 6.45) is 0.856. The first-order valence-corrected chi connectivity index (χ1v) is 8.99. The second-order valence-corrected chi connectivity index (χ2v) is 7.60. The molecule has 126 valence electrons. The van der Waals surface area contributed by atoms with E-state index in [0.29, 0.717) is 6.54 Å². The molecule has 0 aliphatic carbocycles. The number of hydrogen-bond acceptors (Lipinski definition) is 4. The molecular formula is C19H23N3OS. The lowest BCUT2D eigenvalue weighted by molar-refractivity contribution is -0.125. The van der Waals surface area contributed by atoms with E-state index >= 15 is 0 Å². The van der Waals surface area contributed by atoms with Crippen molar-refractivity contribution in [1.29, 1.82) is 0 Å². The summed E-state index contributed by atoms with van der Waals surface area (Å²) in [5, 5.41) is 2.91. The highest BCUT2D eigenvalue weighted by Crippen LogP contribution is 2.47. The molecular weight excluding hydrogens is 318 g/mol. The normalized spacial score (nSPS) is 13.2. The lowest BCUT2D eigenvalue weighted by atomic mass is 10.1. The molecule has 1 heterocycles. The molecule has 2 aromatic carbocycles. The van der Waals surface area contributed by atoms with Crippen LogP contribution in [0.4, 0.5) is 11.4 Å². The molecule has 0 spiro atoms. The highest BCUT2D eigenvalue weighted by atomic mass is 32.2. The Labute approximate surface area is 147 Å². The van der Waals surface area contributed by atoms with Crippen LogP contribution in [0.1, 0.15) is 20.3 Å². The summed E-state index contributed by atoms with van der Waals surface area (Å²) in [7, 11) is 0. The minimum absolute atomic E-state index is 0.113. The first-order chi connectivity index (χ1) is 11.5. The van der Waals surface area contributed by atoms with Crippen molar-refractivity contribution in [3.8, 4) is 0 Å². The number of anilines is 2. The fourth-order valence-electron chi connectivity index (χ4n) is 2.69. The van der Waals surface area contributed by atoms with Gasteiger partial charge in [0.2, 0.25) is 5.91 Å². The van der Waals surface area contributed by atoms with Crippen molar-refractivity contribution in [2.75, 3.05) is 18.0 Å². The van der Waals surface area contributed by atoms with Crippen molar-refractivity contribution >= 4 is 29.0 Å². The van der Waals surface area contributed by atoms with E-state index in [9.17, 15) is 4.79 Å². The van der Waals surface area contributed by atoms with Gasteiger partial charge in [-0.3, -0.25) is 4.79 Å². The second-order valence-electron chi connectivity index (χ2n) is 6.52. The first kappa shape index (κ1) is 16.9. The van der Waals surface area contributed by atoms with E-state index in [1.54, 1.807) is 25.6 Å². The number of benzene rings is 2. The van der Waals surface area contributed by atoms with Crippen molar-refractivity contribution < 1.29 is 4.79 Å². The first-order valence-electron chi connectivity index (χ1n) is 8.17. The molecule has 0 fully saturated rings. The molecule has 0 saturated heterocycles. The largest absolute Gasteiger partial charge is 0.354 e. The summed E-state index contributed by atoms with van der Waals surface area (Å²) < 4.78 is 0. The molecule has 1 aliphatic rings. The van der Waals surface area contributed by atoms with Crippen molar-refractivity contribution in [1.82, 2.24) is 5.32 Å². The van der Waals surface area contributed by atoms with E-state index in [0.717, 1.165) is 13.0 Å². The fraction of sp³-hybridized carbons (Fsp3) is 0.316. The molecule has 3 rings (SSSR count). The van der Waals surface area contributed by atoms with Gasteiger partial charge in [0.15, 0.2) is 0 Å². The predicted octanol–water partition coefficient (Wildman–Crippen LogP) is 3.53. The Hall–Kier alpha value is -1.98. The van der Waals surface area contributed by atoms with Crippen LogP contribution in [0.25, 0.3) is 0 Å². The number of rotatable bonds is 5. The molecule has 3 N–H and O–H groups in total. The molecule has 0 radical (unpaired) electrons. The van der Waals surface area contributed by atoms with Crippen LogP contribution in [0.3, 0.4) is 0 Å². The third kappa shape index (κ3) is 3.57. The molecule has 0 unspecified atom stereocenters. The van der Waals surface area contributed by atoms with E-state index in [1.807, 2.05) is 0 Å². The predicted molar refractivity (Wildman–Crippen MR) is 99.9 cm³/mol. The second kappa shape index (κ2) is 6.87. The molecule has 5 heteroatoms. The summed E-state index contributed by atoms with van der Waals surface area (Å²) in [6.45, 7) is 4.90.